The highest BCUT2D eigenvalue weighted by Gasteiger charge is 2.32. The fourth-order valence-corrected chi connectivity index (χ4v) is 11.0. The summed E-state index contributed by atoms with van der Waals surface area (Å²) in [5, 5.41) is 6.23. The van der Waals surface area contributed by atoms with Gasteiger partial charge in [-0.05, 0) is 76.0 Å². The lowest BCUT2D eigenvalue weighted by molar-refractivity contribution is 0.656. The molecule has 0 amide bonds. The molecule has 7 aromatic carbocycles. The van der Waals surface area contributed by atoms with Gasteiger partial charge in [0, 0.05) is 55.4 Å². The molecule has 4 aromatic heterocycles. The monoisotopic (exact) mass is 796 g/mol. The van der Waals surface area contributed by atoms with Crippen LogP contribution in [0.2, 0.25) is 0 Å². The molecule has 13 rings (SSSR count). The maximum absolute atomic E-state index is 5.51. The van der Waals surface area contributed by atoms with E-state index < -0.39 is 0 Å². The van der Waals surface area contributed by atoms with E-state index in [1.165, 1.54) is 70.8 Å². The number of hydrogen-bond acceptors (Lipinski definition) is 3. The molecular formula is C56H36N4S. The van der Waals surface area contributed by atoms with Crippen LogP contribution < -0.4 is 0 Å². The lowest BCUT2D eigenvalue weighted by Gasteiger charge is -2.27. The number of para-hydroxylation sites is 1. The maximum Gasteiger partial charge on any atom is 0.235 e. The molecule has 2 unspecified atom stereocenters. The van der Waals surface area contributed by atoms with E-state index in [4.69, 9.17) is 9.97 Å². The molecule has 286 valence electrons. The largest absolute Gasteiger partial charge is 0.309 e. The SMILES string of the molecule is C1=CC2C=Cc3c(n(-c4nc(-c5ccccc5)c5sc(-c6ccccc6)cc5n4)c4ccc(-c5ccc6c(c5)c5c7ccccc7ccc5n6-c5ccccc5)cc34)C2C=C1. The van der Waals surface area contributed by atoms with Gasteiger partial charge in [0.05, 0.1) is 32.5 Å². The molecule has 0 radical (unpaired) electrons. The summed E-state index contributed by atoms with van der Waals surface area (Å²) in [6, 6.07) is 61.4. The standard InChI is InChI=1S/C56H36N4S/c1-4-16-37(17-5-1)51-34-47-55(61-51)53(38-18-6-2-7-19-38)58-56(57-47)60-48-29-26-39(32-45(48)44-28-24-36-15-11-13-23-43(36)54(44)60)40-27-30-49-46(33-40)52-42-22-12-10-14-35(42)25-31-50(52)59(49)41-20-8-3-9-21-41/h1-34,36,43H. The van der Waals surface area contributed by atoms with Crippen molar-refractivity contribution >= 4 is 71.1 Å². The molecule has 0 saturated heterocycles. The number of allylic oxidation sites excluding steroid dienone is 5. The van der Waals surface area contributed by atoms with Crippen molar-refractivity contribution in [2.45, 2.75) is 5.92 Å². The molecule has 5 heteroatoms. The Kier molecular flexibility index (Phi) is 7.57. The quantitative estimate of drug-likeness (QED) is 0.174. The molecule has 0 N–H and O–H groups in total. The van der Waals surface area contributed by atoms with Crippen LogP contribution in [0.4, 0.5) is 0 Å². The molecule has 0 fully saturated rings. The van der Waals surface area contributed by atoms with E-state index in [0.29, 0.717) is 5.95 Å². The van der Waals surface area contributed by atoms with Crippen molar-refractivity contribution in [3.05, 3.63) is 211 Å². The normalized spacial score (nSPS) is 15.7. The second-order valence-corrected chi connectivity index (χ2v) is 17.2. The predicted molar refractivity (Wildman–Crippen MR) is 256 cm³/mol. The molecular weight excluding hydrogens is 761 g/mol. The highest BCUT2D eigenvalue weighted by Crippen LogP contribution is 2.46. The Morgan fingerprint density at radius 1 is 0.492 bits per heavy atom. The van der Waals surface area contributed by atoms with E-state index in [0.717, 1.165) is 32.7 Å². The fourth-order valence-electron chi connectivity index (χ4n) is 9.90. The van der Waals surface area contributed by atoms with Gasteiger partial charge < -0.3 is 4.57 Å². The van der Waals surface area contributed by atoms with E-state index in [9.17, 15) is 0 Å². The van der Waals surface area contributed by atoms with Crippen LogP contribution in [0.1, 0.15) is 17.2 Å². The molecule has 0 spiro atoms. The van der Waals surface area contributed by atoms with Gasteiger partial charge in [-0.2, -0.15) is 0 Å². The van der Waals surface area contributed by atoms with Crippen LogP contribution in [0, 0.1) is 5.92 Å². The van der Waals surface area contributed by atoms with Crippen LogP contribution in [0.25, 0.3) is 104 Å². The van der Waals surface area contributed by atoms with Crippen LogP contribution in [0.15, 0.2) is 200 Å². The Morgan fingerprint density at radius 3 is 1.97 bits per heavy atom. The van der Waals surface area contributed by atoms with Crippen LogP contribution in [-0.4, -0.2) is 19.1 Å². The van der Waals surface area contributed by atoms with Gasteiger partial charge in [0.1, 0.15) is 0 Å². The smallest absolute Gasteiger partial charge is 0.235 e. The lowest BCUT2D eigenvalue weighted by Crippen LogP contribution is -2.18. The van der Waals surface area contributed by atoms with Gasteiger partial charge in [0.15, 0.2) is 0 Å². The van der Waals surface area contributed by atoms with Gasteiger partial charge in [-0.3, -0.25) is 4.57 Å². The zero-order valence-electron chi connectivity index (χ0n) is 33.0. The summed E-state index contributed by atoms with van der Waals surface area (Å²) >= 11 is 1.76. The second kappa shape index (κ2) is 13.5. The summed E-state index contributed by atoms with van der Waals surface area (Å²) in [7, 11) is 0. The number of aromatic nitrogens is 4. The Labute approximate surface area is 356 Å². The van der Waals surface area contributed by atoms with Gasteiger partial charge in [-0.25, -0.2) is 9.97 Å². The summed E-state index contributed by atoms with van der Waals surface area (Å²) < 4.78 is 5.86. The van der Waals surface area contributed by atoms with Gasteiger partial charge in [0.25, 0.3) is 0 Å². The summed E-state index contributed by atoms with van der Waals surface area (Å²) in [5.74, 6) is 1.10. The first-order valence-corrected chi connectivity index (χ1v) is 21.7. The van der Waals surface area contributed by atoms with Crippen LogP contribution in [0.3, 0.4) is 0 Å². The molecule has 0 bridgehead atoms. The molecule has 2 aliphatic rings. The van der Waals surface area contributed by atoms with E-state index in [1.54, 1.807) is 11.3 Å². The van der Waals surface area contributed by atoms with Crippen molar-refractivity contribution in [2.75, 3.05) is 0 Å². The summed E-state index contributed by atoms with van der Waals surface area (Å²) in [6.07, 6.45) is 13.7. The number of benzene rings is 7. The fraction of sp³-hybridized carbons (Fsp3) is 0.0357. The van der Waals surface area contributed by atoms with Crippen molar-refractivity contribution in [2.24, 2.45) is 5.92 Å². The van der Waals surface area contributed by atoms with Gasteiger partial charge >= 0.3 is 0 Å². The Hall–Kier alpha value is -7.60. The number of nitrogens with zero attached hydrogens (tertiary/aromatic N) is 4. The average Bonchev–Trinajstić information content (AvgIpc) is 4.02. The van der Waals surface area contributed by atoms with Gasteiger partial charge in [-0.1, -0.05) is 158 Å². The van der Waals surface area contributed by atoms with E-state index in [-0.39, 0.29) is 11.8 Å². The highest BCUT2D eigenvalue weighted by molar-refractivity contribution is 7.22. The molecule has 0 saturated carbocycles. The number of hydrogen-bond donors (Lipinski definition) is 0. The molecule has 2 aliphatic carbocycles. The van der Waals surface area contributed by atoms with Crippen molar-refractivity contribution in [1.29, 1.82) is 0 Å². The minimum absolute atomic E-state index is 0.149. The highest BCUT2D eigenvalue weighted by atomic mass is 32.1. The third kappa shape index (κ3) is 5.30. The molecule has 2 atom stereocenters. The van der Waals surface area contributed by atoms with Crippen molar-refractivity contribution in [3.63, 3.8) is 0 Å². The van der Waals surface area contributed by atoms with E-state index >= 15 is 0 Å². The predicted octanol–water partition coefficient (Wildman–Crippen LogP) is 14.7. The van der Waals surface area contributed by atoms with E-state index in [1.807, 2.05) is 0 Å². The van der Waals surface area contributed by atoms with Crippen molar-refractivity contribution in [3.8, 4) is 44.5 Å². The summed E-state index contributed by atoms with van der Waals surface area (Å²) in [6.45, 7) is 0. The van der Waals surface area contributed by atoms with Gasteiger partial charge in [-0.15, -0.1) is 11.3 Å². The third-order valence-electron chi connectivity index (χ3n) is 12.7. The first kappa shape index (κ1) is 34.3. The molecule has 11 aromatic rings. The lowest BCUT2D eigenvalue weighted by atomic mass is 9.80. The van der Waals surface area contributed by atoms with Gasteiger partial charge in [0.2, 0.25) is 5.95 Å². The zero-order valence-corrected chi connectivity index (χ0v) is 33.8. The van der Waals surface area contributed by atoms with Crippen LogP contribution in [-0.2, 0) is 0 Å². The molecule has 61 heavy (non-hydrogen) atoms. The summed E-state index contributed by atoms with van der Waals surface area (Å²) in [4.78, 5) is 12.1. The van der Waals surface area contributed by atoms with Crippen molar-refractivity contribution < 1.29 is 0 Å². The Bertz CT molecular complexity index is 3640. The number of fused-ring (bicyclic) bond motifs is 11. The Balaban J connectivity index is 1.05. The molecule has 4 heterocycles. The topological polar surface area (TPSA) is 35.6 Å². The number of rotatable bonds is 5. The first-order chi connectivity index (χ1) is 30.2. The molecule has 0 aliphatic heterocycles. The van der Waals surface area contributed by atoms with Crippen molar-refractivity contribution in [1.82, 2.24) is 19.1 Å². The average molecular weight is 797 g/mol. The minimum Gasteiger partial charge on any atom is -0.309 e. The third-order valence-corrected chi connectivity index (χ3v) is 13.9. The van der Waals surface area contributed by atoms with E-state index in [2.05, 4.69) is 215 Å². The first-order valence-electron chi connectivity index (χ1n) is 20.9. The molecule has 4 nitrogen and oxygen atoms in total. The zero-order chi connectivity index (χ0) is 40.0. The summed E-state index contributed by atoms with van der Waals surface area (Å²) in [5.41, 5.74) is 13.7. The minimum atomic E-state index is 0.149. The maximum atomic E-state index is 5.51. The van der Waals surface area contributed by atoms with Crippen LogP contribution >= 0.6 is 11.3 Å². The second-order valence-electron chi connectivity index (χ2n) is 16.1. The van der Waals surface area contributed by atoms with Crippen LogP contribution in [0.5, 0.6) is 0 Å². The Morgan fingerprint density at radius 2 is 1.16 bits per heavy atom. The number of thiophene rings is 1.